The summed E-state index contributed by atoms with van der Waals surface area (Å²) in [6.45, 7) is 3.87. The fourth-order valence-electron chi connectivity index (χ4n) is 2.70. The first kappa shape index (κ1) is 17.3. The van der Waals surface area contributed by atoms with Crippen LogP contribution in [0.25, 0.3) is 0 Å². The summed E-state index contributed by atoms with van der Waals surface area (Å²) in [4.78, 5) is 26.0. The second-order valence-electron chi connectivity index (χ2n) is 5.94. The Balaban J connectivity index is 1.62. The maximum atomic E-state index is 12.2. The van der Waals surface area contributed by atoms with Gasteiger partial charge in [-0.1, -0.05) is 18.2 Å². The number of likely N-dealkylation sites (tertiary alicyclic amines) is 1. The van der Waals surface area contributed by atoms with Crippen LogP contribution in [-0.4, -0.2) is 42.5 Å². The Bertz CT molecular complexity index is 498. The number of nitrogens with zero attached hydrogens (tertiary/aromatic N) is 1. The molecule has 0 aromatic heterocycles. The minimum Gasteiger partial charge on any atom is -0.494 e. The van der Waals surface area contributed by atoms with Gasteiger partial charge in [-0.2, -0.15) is 0 Å². The molecule has 0 radical (unpaired) electrons. The molecule has 2 rings (SSSR count). The minimum atomic E-state index is -0.448. The van der Waals surface area contributed by atoms with E-state index >= 15 is 0 Å². The number of hydrogen-bond donors (Lipinski definition) is 1. The number of para-hydroxylation sites is 1. The lowest BCUT2D eigenvalue weighted by molar-refractivity contribution is -0.136. The quantitative estimate of drug-likeness (QED) is 0.785. The van der Waals surface area contributed by atoms with Gasteiger partial charge in [0.25, 0.3) is 0 Å². The summed E-state index contributed by atoms with van der Waals surface area (Å²) in [5, 5.41) is 2.79. The maximum Gasteiger partial charge on any atom is 0.244 e. The van der Waals surface area contributed by atoms with Gasteiger partial charge in [-0.15, -0.1) is 0 Å². The minimum absolute atomic E-state index is 0.0265. The zero-order chi connectivity index (χ0) is 16.5. The summed E-state index contributed by atoms with van der Waals surface area (Å²) in [5.41, 5.74) is 0. The van der Waals surface area contributed by atoms with Crippen LogP contribution in [0.2, 0.25) is 0 Å². The van der Waals surface area contributed by atoms with Crippen molar-refractivity contribution < 1.29 is 14.3 Å². The average molecular weight is 318 g/mol. The smallest absolute Gasteiger partial charge is 0.244 e. The van der Waals surface area contributed by atoms with Crippen LogP contribution in [0.4, 0.5) is 0 Å². The van der Waals surface area contributed by atoms with Crippen LogP contribution in [0.15, 0.2) is 30.3 Å². The first-order valence-corrected chi connectivity index (χ1v) is 8.43. The van der Waals surface area contributed by atoms with Gasteiger partial charge in [-0.3, -0.25) is 9.59 Å². The van der Waals surface area contributed by atoms with Crippen LogP contribution < -0.4 is 10.1 Å². The van der Waals surface area contributed by atoms with Crippen molar-refractivity contribution in [3.63, 3.8) is 0 Å². The summed E-state index contributed by atoms with van der Waals surface area (Å²) in [7, 11) is 0. The maximum absolute atomic E-state index is 12.2. The van der Waals surface area contributed by atoms with E-state index < -0.39 is 6.04 Å². The number of ether oxygens (including phenoxy) is 1. The summed E-state index contributed by atoms with van der Waals surface area (Å²) >= 11 is 0. The number of amides is 2. The Morgan fingerprint density at radius 2 is 1.87 bits per heavy atom. The molecule has 0 unspecified atom stereocenters. The fraction of sp³-hybridized carbons (Fsp3) is 0.556. The van der Waals surface area contributed by atoms with Crippen LogP contribution in [0.3, 0.4) is 0 Å². The molecule has 0 aliphatic carbocycles. The molecule has 1 atom stereocenters. The van der Waals surface area contributed by atoms with E-state index in [1.54, 1.807) is 6.92 Å². The van der Waals surface area contributed by atoms with Crippen LogP contribution in [0.5, 0.6) is 5.75 Å². The van der Waals surface area contributed by atoms with Crippen molar-refractivity contribution in [2.75, 3.05) is 19.7 Å². The third-order valence-electron chi connectivity index (χ3n) is 3.98. The molecule has 126 valence electrons. The molecule has 5 heteroatoms. The van der Waals surface area contributed by atoms with Gasteiger partial charge in [0.2, 0.25) is 11.8 Å². The van der Waals surface area contributed by atoms with Gasteiger partial charge in [0.05, 0.1) is 6.61 Å². The third kappa shape index (κ3) is 5.93. The number of benzene rings is 1. The molecular formula is C18H26N2O3. The van der Waals surface area contributed by atoms with E-state index in [0.29, 0.717) is 19.4 Å². The van der Waals surface area contributed by atoms with E-state index in [1.165, 1.54) is 6.42 Å². The van der Waals surface area contributed by atoms with E-state index in [-0.39, 0.29) is 11.8 Å². The lowest BCUT2D eigenvalue weighted by atomic mass is 10.1. The topological polar surface area (TPSA) is 58.6 Å². The van der Waals surface area contributed by atoms with Gasteiger partial charge < -0.3 is 15.0 Å². The van der Waals surface area contributed by atoms with Crippen LogP contribution in [-0.2, 0) is 9.59 Å². The fourth-order valence-corrected chi connectivity index (χ4v) is 2.70. The van der Waals surface area contributed by atoms with Crippen LogP contribution in [0, 0.1) is 0 Å². The molecule has 1 aromatic carbocycles. The van der Waals surface area contributed by atoms with E-state index in [2.05, 4.69) is 5.32 Å². The SMILES string of the molecule is C[C@@H](NC(=O)CCCOc1ccccc1)C(=O)N1CCCCC1. The monoisotopic (exact) mass is 318 g/mol. The highest BCUT2D eigenvalue weighted by atomic mass is 16.5. The van der Waals surface area contributed by atoms with Gasteiger partial charge in [-0.05, 0) is 44.7 Å². The molecular weight excluding hydrogens is 292 g/mol. The number of nitrogens with one attached hydrogen (secondary N) is 1. The highest BCUT2D eigenvalue weighted by Gasteiger charge is 2.23. The van der Waals surface area contributed by atoms with Crippen molar-refractivity contribution in [2.45, 2.75) is 45.1 Å². The lowest BCUT2D eigenvalue weighted by Gasteiger charge is -2.29. The lowest BCUT2D eigenvalue weighted by Crippen LogP contribution is -2.48. The van der Waals surface area contributed by atoms with Gasteiger partial charge in [0.15, 0.2) is 0 Å². The Hall–Kier alpha value is -2.04. The Morgan fingerprint density at radius 1 is 1.17 bits per heavy atom. The molecule has 0 bridgehead atoms. The Labute approximate surface area is 138 Å². The van der Waals surface area contributed by atoms with E-state index in [0.717, 1.165) is 31.7 Å². The third-order valence-corrected chi connectivity index (χ3v) is 3.98. The molecule has 1 aliphatic heterocycles. The first-order chi connectivity index (χ1) is 11.2. The highest BCUT2D eigenvalue weighted by molar-refractivity contribution is 5.87. The molecule has 1 heterocycles. The van der Waals surface area contributed by atoms with E-state index in [1.807, 2.05) is 35.2 Å². The number of hydrogen-bond acceptors (Lipinski definition) is 3. The molecule has 1 saturated heterocycles. The number of carbonyl (C=O) groups is 2. The molecule has 1 aliphatic rings. The van der Waals surface area contributed by atoms with Crippen LogP contribution in [0.1, 0.15) is 39.0 Å². The Kier molecular flexibility index (Phi) is 6.91. The Morgan fingerprint density at radius 3 is 2.57 bits per heavy atom. The van der Waals surface area contributed by atoms with Crippen molar-refractivity contribution in [2.24, 2.45) is 0 Å². The molecule has 5 nitrogen and oxygen atoms in total. The first-order valence-electron chi connectivity index (χ1n) is 8.43. The summed E-state index contributed by atoms with van der Waals surface area (Å²) < 4.78 is 5.55. The second kappa shape index (κ2) is 9.18. The number of carbonyl (C=O) groups excluding carboxylic acids is 2. The average Bonchev–Trinajstić information content (AvgIpc) is 2.59. The molecule has 1 aromatic rings. The molecule has 23 heavy (non-hydrogen) atoms. The molecule has 1 fully saturated rings. The normalized spacial score (nSPS) is 15.8. The van der Waals surface area contributed by atoms with Gasteiger partial charge in [-0.25, -0.2) is 0 Å². The van der Waals surface area contributed by atoms with Gasteiger partial charge >= 0.3 is 0 Å². The number of piperidine rings is 1. The molecule has 2 amide bonds. The summed E-state index contributed by atoms with van der Waals surface area (Å²) in [5.74, 6) is 0.736. The zero-order valence-electron chi connectivity index (χ0n) is 13.8. The van der Waals surface area contributed by atoms with Crippen molar-refractivity contribution in [3.05, 3.63) is 30.3 Å². The van der Waals surface area contributed by atoms with Crippen molar-refractivity contribution in [3.8, 4) is 5.75 Å². The van der Waals surface area contributed by atoms with E-state index in [4.69, 9.17) is 4.74 Å². The molecule has 1 N–H and O–H groups in total. The van der Waals surface area contributed by atoms with E-state index in [9.17, 15) is 9.59 Å². The van der Waals surface area contributed by atoms with Gasteiger partial charge in [0, 0.05) is 19.5 Å². The number of rotatable bonds is 7. The van der Waals surface area contributed by atoms with Crippen molar-refractivity contribution in [1.29, 1.82) is 0 Å². The standard InChI is InChI=1S/C18H26N2O3/c1-15(18(22)20-12-6-3-7-13-20)19-17(21)11-8-14-23-16-9-4-2-5-10-16/h2,4-5,9-10,15H,3,6-8,11-14H2,1H3,(H,19,21)/t15-/m1/s1. The summed E-state index contributed by atoms with van der Waals surface area (Å²) in [6.07, 6.45) is 4.30. The zero-order valence-corrected chi connectivity index (χ0v) is 13.8. The summed E-state index contributed by atoms with van der Waals surface area (Å²) in [6, 6.07) is 9.09. The van der Waals surface area contributed by atoms with Crippen molar-refractivity contribution >= 4 is 11.8 Å². The largest absolute Gasteiger partial charge is 0.494 e. The van der Waals surface area contributed by atoms with Crippen LogP contribution >= 0.6 is 0 Å². The second-order valence-corrected chi connectivity index (χ2v) is 5.94. The van der Waals surface area contributed by atoms with Crippen molar-refractivity contribution in [1.82, 2.24) is 10.2 Å². The predicted octanol–water partition coefficient (Wildman–Crippen LogP) is 2.36. The van der Waals surface area contributed by atoms with Gasteiger partial charge in [0.1, 0.15) is 11.8 Å². The molecule has 0 saturated carbocycles. The molecule has 0 spiro atoms. The highest BCUT2D eigenvalue weighted by Crippen LogP contribution is 2.10. The predicted molar refractivity (Wildman–Crippen MR) is 89.2 cm³/mol.